The number of carbonyl (C=O) groups excluding carboxylic acids is 1. The first-order chi connectivity index (χ1) is 11.4. The molecule has 2 amide bonds. The van der Waals surface area contributed by atoms with Gasteiger partial charge in [-0.25, -0.2) is 4.79 Å². The Hall–Kier alpha value is -2.49. The maximum atomic E-state index is 12.0. The molecule has 0 bridgehead atoms. The summed E-state index contributed by atoms with van der Waals surface area (Å²) in [6.07, 6.45) is 0. The van der Waals surface area contributed by atoms with Crippen LogP contribution in [0.2, 0.25) is 0 Å². The molecular weight excluding hydrogens is 300 g/mol. The minimum Gasteiger partial charge on any atom is -0.497 e. The smallest absolute Gasteiger partial charge is 0.315 e. The van der Waals surface area contributed by atoms with E-state index in [1.807, 2.05) is 24.3 Å². The molecule has 0 heterocycles. The van der Waals surface area contributed by atoms with E-state index in [2.05, 4.69) is 55.7 Å². The third kappa shape index (κ3) is 5.01. The zero-order chi connectivity index (χ0) is 17.6. The summed E-state index contributed by atoms with van der Waals surface area (Å²) in [5, 5.41) is 5.84. The molecule has 0 atom stereocenters. The van der Waals surface area contributed by atoms with Crippen LogP contribution in [-0.4, -0.2) is 19.7 Å². The van der Waals surface area contributed by atoms with E-state index in [1.165, 1.54) is 11.1 Å². The molecule has 0 aliphatic carbocycles. The van der Waals surface area contributed by atoms with E-state index in [1.54, 1.807) is 7.11 Å². The van der Waals surface area contributed by atoms with Crippen molar-refractivity contribution in [3.05, 3.63) is 65.2 Å². The molecule has 0 saturated carbocycles. The monoisotopic (exact) mass is 326 g/mol. The molecule has 0 spiro atoms. The van der Waals surface area contributed by atoms with Gasteiger partial charge in [0, 0.05) is 18.5 Å². The summed E-state index contributed by atoms with van der Waals surface area (Å²) in [5.41, 5.74) is 3.36. The Kier molecular flexibility index (Phi) is 5.85. The van der Waals surface area contributed by atoms with Crippen molar-refractivity contribution < 1.29 is 9.53 Å². The van der Waals surface area contributed by atoms with Crippen LogP contribution >= 0.6 is 0 Å². The fraction of sp³-hybridized carbons (Fsp3) is 0.350. The summed E-state index contributed by atoms with van der Waals surface area (Å²) in [5.74, 6) is 0.808. The maximum absolute atomic E-state index is 12.0. The first kappa shape index (κ1) is 17.9. The molecule has 0 aromatic heterocycles. The van der Waals surface area contributed by atoms with Crippen molar-refractivity contribution >= 4 is 6.03 Å². The fourth-order valence-corrected chi connectivity index (χ4v) is 2.46. The standard InChI is InChI=1S/C20H26N2O2/c1-15-6-5-7-17(12-15)20(2,3)14-22-19(23)21-13-16-8-10-18(24-4)11-9-16/h5-12H,13-14H2,1-4H3,(H2,21,22,23). The van der Waals surface area contributed by atoms with E-state index in [-0.39, 0.29) is 11.4 Å². The first-order valence-corrected chi connectivity index (χ1v) is 8.12. The minimum absolute atomic E-state index is 0.122. The zero-order valence-electron chi connectivity index (χ0n) is 14.8. The van der Waals surface area contributed by atoms with Crippen LogP contribution < -0.4 is 15.4 Å². The molecule has 2 N–H and O–H groups in total. The van der Waals surface area contributed by atoms with Gasteiger partial charge in [0.05, 0.1) is 7.11 Å². The largest absolute Gasteiger partial charge is 0.497 e. The molecule has 2 rings (SSSR count). The van der Waals surface area contributed by atoms with Gasteiger partial charge < -0.3 is 15.4 Å². The minimum atomic E-state index is -0.161. The molecule has 0 unspecified atom stereocenters. The summed E-state index contributed by atoms with van der Waals surface area (Å²) in [4.78, 5) is 12.0. The first-order valence-electron chi connectivity index (χ1n) is 8.12. The molecular formula is C20H26N2O2. The molecule has 24 heavy (non-hydrogen) atoms. The number of carbonyl (C=O) groups is 1. The molecule has 4 heteroatoms. The number of hydrogen-bond donors (Lipinski definition) is 2. The lowest BCUT2D eigenvalue weighted by Crippen LogP contribution is -2.42. The highest BCUT2D eigenvalue weighted by Gasteiger charge is 2.21. The number of amides is 2. The second-order valence-electron chi connectivity index (χ2n) is 6.64. The highest BCUT2D eigenvalue weighted by molar-refractivity contribution is 5.74. The lowest BCUT2D eigenvalue weighted by Gasteiger charge is -2.26. The average Bonchev–Trinajstić information content (AvgIpc) is 2.58. The molecule has 2 aromatic carbocycles. The SMILES string of the molecule is COc1ccc(CNC(=O)NCC(C)(C)c2cccc(C)c2)cc1. The predicted octanol–water partition coefficient (Wildman–Crippen LogP) is 3.78. The predicted molar refractivity (Wildman–Crippen MR) is 97.4 cm³/mol. The van der Waals surface area contributed by atoms with E-state index >= 15 is 0 Å². The molecule has 0 fully saturated rings. The average molecular weight is 326 g/mol. The summed E-state index contributed by atoms with van der Waals surface area (Å²) in [6.45, 7) is 7.40. The Morgan fingerprint density at radius 3 is 2.42 bits per heavy atom. The highest BCUT2D eigenvalue weighted by atomic mass is 16.5. The number of aryl methyl sites for hydroxylation is 1. The lowest BCUT2D eigenvalue weighted by atomic mass is 9.84. The number of nitrogens with one attached hydrogen (secondary N) is 2. The quantitative estimate of drug-likeness (QED) is 0.849. The van der Waals surface area contributed by atoms with Crippen molar-refractivity contribution in [3.63, 3.8) is 0 Å². The van der Waals surface area contributed by atoms with Gasteiger partial charge in [-0.1, -0.05) is 55.8 Å². The third-order valence-electron chi connectivity index (χ3n) is 4.10. The van der Waals surface area contributed by atoms with E-state index in [0.717, 1.165) is 11.3 Å². The third-order valence-corrected chi connectivity index (χ3v) is 4.10. The van der Waals surface area contributed by atoms with Crippen molar-refractivity contribution in [3.8, 4) is 5.75 Å². The van der Waals surface area contributed by atoms with E-state index < -0.39 is 0 Å². The fourth-order valence-electron chi connectivity index (χ4n) is 2.46. The maximum Gasteiger partial charge on any atom is 0.315 e. The van der Waals surface area contributed by atoms with Crippen LogP contribution in [0.4, 0.5) is 4.79 Å². The highest BCUT2D eigenvalue weighted by Crippen LogP contribution is 2.23. The summed E-state index contributed by atoms with van der Waals surface area (Å²) in [6, 6.07) is 15.9. The van der Waals surface area contributed by atoms with Gasteiger partial charge >= 0.3 is 6.03 Å². The van der Waals surface area contributed by atoms with Crippen molar-refractivity contribution in [1.29, 1.82) is 0 Å². The van der Waals surface area contributed by atoms with Gasteiger partial charge in [-0.05, 0) is 30.2 Å². The topological polar surface area (TPSA) is 50.4 Å². The Bertz CT molecular complexity index is 678. The van der Waals surface area contributed by atoms with Crippen LogP contribution in [0.25, 0.3) is 0 Å². The molecule has 128 valence electrons. The van der Waals surface area contributed by atoms with Gasteiger partial charge in [-0.15, -0.1) is 0 Å². The normalized spacial score (nSPS) is 11.0. The van der Waals surface area contributed by atoms with Crippen molar-refractivity contribution in [2.75, 3.05) is 13.7 Å². The van der Waals surface area contributed by atoms with Crippen LogP contribution in [0.3, 0.4) is 0 Å². The molecule has 0 aliphatic rings. The summed E-state index contributed by atoms with van der Waals surface area (Å²) < 4.78 is 5.12. The van der Waals surface area contributed by atoms with Gasteiger partial charge in [-0.2, -0.15) is 0 Å². The van der Waals surface area contributed by atoms with Gasteiger partial charge in [0.15, 0.2) is 0 Å². The molecule has 0 aliphatic heterocycles. The van der Waals surface area contributed by atoms with Gasteiger partial charge in [0.25, 0.3) is 0 Å². The Morgan fingerprint density at radius 1 is 1.08 bits per heavy atom. The number of methoxy groups -OCH3 is 1. The van der Waals surface area contributed by atoms with Gasteiger partial charge in [0.2, 0.25) is 0 Å². The van der Waals surface area contributed by atoms with Crippen LogP contribution in [0, 0.1) is 6.92 Å². The van der Waals surface area contributed by atoms with Crippen molar-refractivity contribution in [2.45, 2.75) is 32.7 Å². The number of ether oxygens (including phenoxy) is 1. The number of hydrogen-bond acceptors (Lipinski definition) is 2. The van der Waals surface area contributed by atoms with E-state index in [9.17, 15) is 4.79 Å². The summed E-state index contributed by atoms with van der Waals surface area (Å²) >= 11 is 0. The number of urea groups is 1. The molecule has 4 nitrogen and oxygen atoms in total. The molecule has 0 saturated heterocycles. The summed E-state index contributed by atoms with van der Waals surface area (Å²) in [7, 11) is 1.64. The van der Waals surface area contributed by atoms with Crippen LogP contribution in [-0.2, 0) is 12.0 Å². The van der Waals surface area contributed by atoms with Crippen LogP contribution in [0.5, 0.6) is 5.75 Å². The Labute approximate surface area is 144 Å². The van der Waals surface area contributed by atoms with E-state index in [0.29, 0.717) is 13.1 Å². The number of rotatable bonds is 6. The zero-order valence-corrected chi connectivity index (χ0v) is 14.8. The Balaban J connectivity index is 1.83. The molecule has 2 aromatic rings. The van der Waals surface area contributed by atoms with Crippen LogP contribution in [0.15, 0.2) is 48.5 Å². The number of benzene rings is 2. The van der Waals surface area contributed by atoms with E-state index in [4.69, 9.17) is 4.74 Å². The molecule has 0 radical (unpaired) electrons. The van der Waals surface area contributed by atoms with Crippen molar-refractivity contribution in [2.24, 2.45) is 0 Å². The van der Waals surface area contributed by atoms with Crippen molar-refractivity contribution in [1.82, 2.24) is 10.6 Å². The van der Waals surface area contributed by atoms with Crippen LogP contribution in [0.1, 0.15) is 30.5 Å². The van der Waals surface area contributed by atoms with Gasteiger partial charge in [0.1, 0.15) is 5.75 Å². The second-order valence-corrected chi connectivity index (χ2v) is 6.64. The lowest BCUT2D eigenvalue weighted by molar-refractivity contribution is 0.238. The van der Waals surface area contributed by atoms with Gasteiger partial charge in [-0.3, -0.25) is 0 Å². The second kappa shape index (κ2) is 7.86. The Morgan fingerprint density at radius 2 is 1.79 bits per heavy atom.